The Morgan fingerprint density at radius 1 is 1.44 bits per heavy atom. The van der Waals surface area contributed by atoms with Crippen molar-refractivity contribution in [3.05, 3.63) is 54.1 Å². The van der Waals surface area contributed by atoms with E-state index in [0.29, 0.717) is 5.69 Å². The van der Waals surface area contributed by atoms with Gasteiger partial charge in [-0.1, -0.05) is 30.3 Å². The summed E-state index contributed by atoms with van der Waals surface area (Å²) in [5, 5.41) is 9.24. The highest BCUT2D eigenvalue weighted by Gasteiger charge is 2.24. The Labute approximate surface area is 105 Å². The molecule has 0 amide bonds. The molecule has 0 spiro atoms. The molecule has 0 aliphatic rings. The molecule has 0 fully saturated rings. The molecule has 0 aliphatic carbocycles. The van der Waals surface area contributed by atoms with Gasteiger partial charge >= 0.3 is 5.97 Å². The molecule has 94 valence electrons. The molecule has 1 N–H and O–H groups in total. The molecular weight excluding hydrogens is 232 g/mol. The van der Waals surface area contributed by atoms with Gasteiger partial charge in [0.25, 0.3) is 0 Å². The quantitative estimate of drug-likeness (QED) is 0.821. The van der Waals surface area contributed by atoms with E-state index >= 15 is 0 Å². The zero-order valence-electron chi connectivity index (χ0n) is 9.98. The fourth-order valence-corrected chi connectivity index (χ4v) is 1.84. The van der Waals surface area contributed by atoms with Crippen LogP contribution in [0.25, 0.3) is 0 Å². The average Bonchev–Trinajstić information content (AvgIpc) is 2.88. The number of nitrogens with zero attached hydrogens (tertiary/aromatic N) is 2. The molecule has 2 aromatic rings. The molecule has 0 saturated heterocycles. The molecule has 1 aromatic heterocycles. The van der Waals surface area contributed by atoms with Gasteiger partial charge in [-0.3, -0.25) is 0 Å². The van der Waals surface area contributed by atoms with Gasteiger partial charge in [-0.15, -0.1) is 0 Å². The second-order valence-electron chi connectivity index (χ2n) is 3.79. The van der Waals surface area contributed by atoms with Gasteiger partial charge in [0.2, 0.25) is 0 Å². The van der Waals surface area contributed by atoms with E-state index in [-0.39, 0.29) is 6.61 Å². The van der Waals surface area contributed by atoms with Gasteiger partial charge in [0, 0.05) is 0 Å². The van der Waals surface area contributed by atoms with Crippen LogP contribution in [0.5, 0.6) is 0 Å². The number of ether oxygens (including phenoxy) is 1. The molecule has 0 saturated carbocycles. The van der Waals surface area contributed by atoms with Gasteiger partial charge in [-0.05, 0) is 5.56 Å². The van der Waals surface area contributed by atoms with Crippen molar-refractivity contribution >= 4 is 5.97 Å². The average molecular weight is 246 g/mol. The lowest BCUT2D eigenvalue weighted by atomic mass is 10.1. The number of hydrogen-bond acceptors (Lipinski definition) is 4. The van der Waals surface area contributed by atoms with E-state index in [4.69, 9.17) is 4.74 Å². The SMILES string of the molecule is COC(=O)C(c1ccccc1)n1cncc1CO. The summed E-state index contributed by atoms with van der Waals surface area (Å²) in [6.45, 7) is -0.180. The largest absolute Gasteiger partial charge is 0.467 e. The van der Waals surface area contributed by atoms with Gasteiger partial charge in [0.15, 0.2) is 6.04 Å². The summed E-state index contributed by atoms with van der Waals surface area (Å²) < 4.78 is 6.43. The first-order valence-corrected chi connectivity index (χ1v) is 5.52. The van der Waals surface area contributed by atoms with E-state index in [0.717, 1.165) is 5.56 Å². The van der Waals surface area contributed by atoms with Gasteiger partial charge in [0.1, 0.15) is 0 Å². The van der Waals surface area contributed by atoms with E-state index in [2.05, 4.69) is 4.98 Å². The van der Waals surface area contributed by atoms with Crippen LogP contribution >= 0.6 is 0 Å². The summed E-state index contributed by atoms with van der Waals surface area (Å²) in [4.78, 5) is 15.9. The standard InChI is InChI=1S/C13H14N2O3/c1-18-13(17)12(10-5-3-2-4-6-10)15-9-14-7-11(15)8-16/h2-7,9,12,16H,8H2,1H3. The summed E-state index contributed by atoms with van der Waals surface area (Å²) in [6, 6.07) is 8.62. The van der Waals surface area contributed by atoms with Crippen molar-refractivity contribution in [2.24, 2.45) is 0 Å². The maximum Gasteiger partial charge on any atom is 0.333 e. The smallest absolute Gasteiger partial charge is 0.333 e. The maximum absolute atomic E-state index is 11.9. The molecule has 1 aromatic carbocycles. The van der Waals surface area contributed by atoms with E-state index in [1.165, 1.54) is 19.6 Å². The zero-order valence-corrected chi connectivity index (χ0v) is 9.98. The lowest BCUT2D eigenvalue weighted by molar-refractivity contribution is -0.143. The van der Waals surface area contributed by atoms with Gasteiger partial charge in [-0.2, -0.15) is 0 Å². The van der Waals surface area contributed by atoms with Crippen LogP contribution in [0, 0.1) is 0 Å². The Morgan fingerprint density at radius 3 is 2.78 bits per heavy atom. The Balaban J connectivity index is 2.47. The first-order chi connectivity index (χ1) is 8.77. The minimum atomic E-state index is -0.624. The van der Waals surface area contributed by atoms with Crippen LogP contribution in [0.2, 0.25) is 0 Å². The number of hydrogen-bond donors (Lipinski definition) is 1. The number of aliphatic hydroxyl groups is 1. The monoisotopic (exact) mass is 246 g/mol. The number of aliphatic hydroxyl groups excluding tert-OH is 1. The predicted molar refractivity (Wildman–Crippen MR) is 64.7 cm³/mol. The van der Waals surface area contributed by atoms with Crippen molar-refractivity contribution < 1.29 is 14.6 Å². The topological polar surface area (TPSA) is 64.4 Å². The molecule has 2 rings (SSSR count). The number of carbonyl (C=O) groups is 1. The summed E-state index contributed by atoms with van der Waals surface area (Å²) in [6.07, 6.45) is 3.04. The van der Waals surface area contributed by atoms with Gasteiger partial charge in [0.05, 0.1) is 31.9 Å². The minimum Gasteiger partial charge on any atom is -0.467 e. The van der Waals surface area contributed by atoms with Crippen molar-refractivity contribution in [2.75, 3.05) is 7.11 Å². The van der Waals surface area contributed by atoms with Crippen LogP contribution in [0.15, 0.2) is 42.9 Å². The van der Waals surface area contributed by atoms with Crippen LogP contribution in [-0.2, 0) is 16.1 Å². The highest BCUT2D eigenvalue weighted by molar-refractivity contribution is 5.78. The summed E-state index contributed by atoms with van der Waals surface area (Å²) in [7, 11) is 1.34. The number of rotatable bonds is 4. The maximum atomic E-state index is 11.9. The molecule has 0 radical (unpaired) electrons. The third kappa shape index (κ3) is 2.26. The molecule has 5 nitrogen and oxygen atoms in total. The van der Waals surface area contributed by atoms with Crippen molar-refractivity contribution in [3.8, 4) is 0 Å². The highest BCUT2D eigenvalue weighted by Crippen LogP contribution is 2.21. The Bertz CT molecular complexity index is 522. The fraction of sp³-hybridized carbons (Fsp3) is 0.231. The molecule has 18 heavy (non-hydrogen) atoms. The molecule has 1 heterocycles. The van der Waals surface area contributed by atoms with Crippen LogP contribution < -0.4 is 0 Å². The van der Waals surface area contributed by atoms with Crippen molar-refractivity contribution in [3.63, 3.8) is 0 Å². The molecule has 0 aliphatic heterocycles. The second kappa shape index (κ2) is 5.46. The van der Waals surface area contributed by atoms with E-state index < -0.39 is 12.0 Å². The Hall–Kier alpha value is -2.14. The van der Waals surface area contributed by atoms with Gasteiger partial charge in [-0.25, -0.2) is 9.78 Å². The number of benzene rings is 1. The summed E-state index contributed by atoms with van der Waals surface area (Å²) in [5.74, 6) is -0.395. The lowest BCUT2D eigenvalue weighted by Crippen LogP contribution is -2.23. The second-order valence-corrected chi connectivity index (χ2v) is 3.79. The van der Waals surface area contributed by atoms with Crippen molar-refractivity contribution in [2.45, 2.75) is 12.6 Å². The van der Waals surface area contributed by atoms with Crippen LogP contribution in [0.4, 0.5) is 0 Å². The lowest BCUT2D eigenvalue weighted by Gasteiger charge is -2.18. The first kappa shape index (κ1) is 12.3. The third-order valence-electron chi connectivity index (χ3n) is 2.73. The number of carbonyl (C=O) groups excluding carboxylic acids is 1. The number of imidazole rings is 1. The molecule has 1 atom stereocenters. The van der Waals surface area contributed by atoms with E-state index in [9.17, 15) is 9.90 Å². The number of aromatic nitrogens is 2. The Morgan fingerprint density at radius 2 is 2.17 bits per heavy atom. The number of methoxy groups -OCH3 is 1. The van der Waals surface area contributed by atoms with E-state index in [1.54, 1.807) is 4.57 Å². The normalized spacial score (nSPS) is 12.1. The predicted octanol–water partition coefficient (Wildman–Crippen LogP) is 1.14. The third-order valence-corrected chi connectivity index (χ3v) is 2.73. The molecule has 1 unspecified atom stereocenters. The molecule has 5 heteroatoms. The summed E-state index contributed by atoms with van der Waals surface area (Å²) in [5.41, 5.74) is 1.35. The van der Waals surface area contributed by atoms with Crippen molar-refractivity contribution in [1.82, 2.24) is 9.55 Å². The molecular formula is C13H14N2O3. The van der Waals surface area contributed by atoms with Crippen LogP contribution in [0.3, 0.4) is 0 Å². The van der Waals surface area contributed by atoms with Crippen molar-refractivity contribution in [1.29, 1.82) is 0 Å². The zero-order chi connectivity index (χ0) is 13.0. The minimum absolute atomic E-state index is 0.180. The molecule has 0 bridgehead atoms. The Kier molecular flexibility index (Phi) is 3.74. The van der Waals surface area contributed by atoms with Crippen LogP contribution in [-0.4, -0.2) is 27.7 Å². The van der Waals surface area contributed by atoms with Crippen LogP contribution in [0.1, 0.15) is 17.3 Å². The summed E-state index contributed by atoms with van der Waals surface area (Å²) >= 11 is 0. The highest BCUT2D eigenvalue weighted by atomic mass is 16.5. The number of esters is 1. The van der Waals surface area contributed by atoms with Gasteiger partial charge < -0.3 is 14.4 Å². The van der Waals surface area contributed by atoms with E-state index in [1.807, 2.05) is 30.3 Å². The fourth-order valence-electron chi connectivity index (χ4n) is 1.84. The first-order valence-electron chi connectivity index (χ1n) is 5.52.